The molecule has 1 amide bonds. The van der Waals surface area contributed by atoms with Gasteiger partial charge in [-0.05, 0) is 49.7 Å². The lowest BCUT2D eigenvalue weighted by Crippen LogP contribution is -2.14. The molecule has 0 radical (unpaired) electrons. The third-order valence-corrected chi connectivity index (χ3v) is 3.86. The zero-order chi connectivity index (χ0) is 18.4. The Morgan fingerprint density at radius 2 is 1.64 bits per heavy atom. The van der Waals surface area contributed by atoms with E-state index in [-0.39, 0.29) is 24.5 Å². The van der Waals surface area contributed by atoms with Gasteiger partial charge in [0.15, 0.2) is 5.78 Å². The highest BCUT2D eigenvalue weighted by atomic mass is 16.5. The fraction of sp³-hybridized carbons (Fsp3) is 0.250. The number of carbonyl (C=O) groups is 3. The Bertz CT molecular complexity index is 794. The molecule has 0 spiro atoms. The summed E-state index contributed by atoms with van der Waals surface area (Å²) < 4.78 is 4.62. The first-order valence-electron chi connectivity index (χ1n) is 7.99. The van der Waals surface area contributed by atoms with Gasteiger partial charge in [-0.1, -0.05) is 17.7 Å². The Morgan fingerprint density at radius 1 is 0.960 bits per heavy atom. The summed E-state index contributed by atoms with van der Waals surface area (Å²) in [5.74, 6) is -0.723. The monoisotopic (exact) mass is 339 g/mol. The maximum atomic E-state index is 12.3. The Kier molecular flexibility index (Phi) is 6.06. The van der Waals surface area contributed by atoms with Crippen molar-refractivity contribution in [1.82, 2.24) is 0 Å². The molecule has 5 nitrogen and oxygen atoms in total. The average molecular weight is 339 g/mol. The Balaban J connectivity index is 1.91. The van der Waals surface area contributed by atoms with Crippen molar-refractivity contribution in [3.63, 3.8) is 0 Å². The molecule has 0 aliphatic carbocycles. The number of aryl methyl sites for hydroxylation is 2. The third-order valence-electron chi connectivity index (χ3n) is 3.86. The largest absolute Gasteiger partial charge is 0.465 e. The number of nitrogens with one attached hydrogen (secondary N) is 1. The number of hydrogen-bond acceptors (Lipinski definition) is 4. The highest BCUT2D eigenvalue weighted by Crippen LogP contribution is 2.15. The molecule has 0 bridgehead atoms. The number of rotatable bonds is 6. The third kappa shape index (κ3) is 5.01. The van der Waals surface area contributed by atoms with Gasteiger partial charge < -0.3 is 10.1 Å². The minimum absolute atomic E-state index is 0.0441. The number of ether oxygens (including phenoxy) is 1. The van der Waals surface area contributed by atoms with Crippen LogP contribution in [0.2, 0.25) is 0 Å². The van der Waals surface area contributed by atoms with E-state index in [1.165, 1.54) is 7.11 Å². The van der Waals surface area contributed by atoms with Crippen LogP contribution in [0.25, 0.3) is 0 Å². The summed E-state index contributed by atoms with van der Waals surface area (Å²) in [6.45, 7) is 3.82. The van der Waals surface area contributed by atoms with Gasteiger partial charge in [-0.3, -0.25) is 9.59 Å². The highest BCUT2D eigenvalue weighted by Gasteiger charge is 2.12. The van der Waals surface area contributed by atoms with Gasteiger partial charge in [-0.15, -0.1) is 0 Å². The highest BCUT2D eigenvalue weighted by molar-refractivity contribution is 6.01. The molecule has 0 heterocycles. The first kappa shape index (κ1) is 18.4. The Hall–Kier alpha value is -2.95. The SMILES string of the molecule is COC(=O)c1ccc(NC(=O)CCC(=O)c2cc(C)ccc2C)cc1. The Morgan fingerprint density at radius 3 is 2.28 bits per heavy atom. The molecule has 0 saturated carbocycles. The lowest BCUT2D eigenvalue weighted by Gasteiger charge is -2.08. The molecule has 2 aromatic carbocycles. The van der Waals surface area contributed by atoms with Crippen LogP contribution in [-0.2, 0) is 9.53 Å². The maximum Gasteiger partial charge on any atom is 0.337 e. The minimum Gasteiger partial charge on any atom is -0.465 e. The van der Waals surface area contributed by atoms with Crippen molar-refractivity contribution in [2.24, 2.45) is 0 Å². The average Bonchev–Trinajstić information content (AvgIpc) is 2.61. The van der Waals surface area contributed by atoms with Crippen LogP contribution < -0.4 is 5.32 Å². The van der Waals surface area contributed by atoms with Crippen LogP contribution in [-0.4, -0.2) is 24.8 Å². The van der Waals surface area contributed by atoms with Gasteiger partial charge in [-0.25, -0.2) is 4.79 Å². The molecule has 0 fully saturated rings. The van der Waals surface area contributed by atoms with Crippen LogP contribution in [0.5, 0.6) is 0 Å². The molecule has 0 aliphatic rings. The number of hydrogen-bond donors (Lipinski definition) is 1. The first-order valence-corrected chi connectivity index (χ1v) is 7.99. The topological polar surface area (TPSA) is 72.5 Å². The molecule has 2 rings (SSSR count). The molecule has 0 aliphatic heterocycles. The second-order valence-corrected chi connectivity index (χ2v) is 5.86. The predicted octanol–water partition coefficient (Wildman–Crippen LogP) is 3.69. The minimum atomic E-state index is -0.433. The lowest BCUT2D eigenvalue weighted by atomic mass is 9.99. The van der Waals surface area contributed by atoms with Gasteiger partial charge in [0.2, 0.25) is 5.91 Å². The number of methoxy groups -OCH3 is 1. The van der Waals surface area contributed by atoms with E-state index in [0.717, 1.165) is 11.1 Å². The first-order chi connectivity index (χ1) is 11.9. The number of Topliss-reactive ketones (excluding diaryl/α,β-unsaturated/α-hetero) is 1. The molecule has 2 aromatic rings. The Labute approximate surface area is 147 Å². The zero-order valence-corrected chi connectivity index (χ0v) is 14.6. The van der Waals surface area contributed by atoms with Crippen molar-refractivity contribution >= 4 is 23.3 Å². The van der Waals surface area contributed by atoms with E-state index in [4.69, 9.17) is 0 Å². The van der Waals surface area contributed by atoms with Crippen LogP contribution >= 0.6 is 0 Å². The van der Waals surface area contributed by atoms with Crippen LogP contribution in [0.3, 0.4) is 0 Å². The quantitative estimate of drug-likeness (QED) is 0.643. The normalized spacial score (nSPS) is 10.2. The van der Waals surface area contributed by atoms with Gasteiger partial charge in [0, 0.05) is 24.1 Å². The van der Waals surface area contributed by atoms with Crippen molar-refractivity contribution in [2.75, 3.05) is 12.4 Å². The summed E-state index contributed by atoms with van der Waals surface area (Å²) in [5, 5.41) is 2.72. The number of anilines is 1. The van der Waals surface area contributed by atoms with Crippen molar-refractivity contribution < 1.29 is 19.1 Å². The van der Waals surface area contributed by atoms with Crippen LogP contribution in [0.4, 0.5) is 5.69 Å². The predicted molar refractivity (Wildman–Crippen MR) is 95.9 cm³/mol. The molecule has 25 heavy (non-hydrogen) atoms. The molecule has 130 valence electrons. The fourth-order valence-corrected chi connectivity index (χ4v) is 2.43. The maximum absolute atomic E-state index is 12.3. The van der Waals surface area contributed by atoms with Gasteiger partial charge in [0.05, 0.1) is 12.7 Å². The van der Waals surface area contributed by atoms with Gasteiger partial charge in [0.25, 0.3) is 0 Å². The molecular formula is C20H21NO4. The number of amides is 1. The number of esters is 1. The van der Waals surface area contributed by atoms with E-state index in [9.17, 15) is 14.4 Å². The smallest absolute Gasteiger partial charge is 0.337 e. The summed E-state index contributed by atoms with van der Waals surface area (Å²) in [6, 6.07) is 12.1. The van der Waals surface area contributed by atoms with Crippen molar-refractivity contribution in [3.05, 3.63) is 64.7 Å². The molecule has 0 atom stereocenters. The van der Waals surface area contributed by atoms with E-state index in [2.05, 4.69) is 10.1 Å². The van der Waals surface area contributed by atoms with E-state index in [1.807, 2.05) is 32.0 Å². The van der Waals surface area contributed by atoms with Crippen LogP contribution in [0.1, 0.15) is 44.7 Å². The summed E-state index contributed by atoms with van der Waals surface area (Å²) >= 11 is 0. The summed E-state index contributed by atoms with van der Waals surface area (Å²) in [7, 11) is 1.31. The summed E-state index contributed by atoms with van der Waals surface area (Å²) in [6.07, 6.45) is 0.251. The summed E-state index contributed by atoms with van der Waals surface area (Å²) in [5.41, 5.74) is 3.57. The van der Waals surface area contributed by atoms with Gasteiger partial charge in [0.1, 0.15) is 0 Å². The molecule has 0 saturated heterocycles. The van der Waals surface area contributed by atoms with Gasteiger partial charge >= 0.3 is 5.97 Å². The van der Waals surface area contributed by atoms with E-state index < -0.39 is 5.97 Å². The molecule has 5 heteroatoms. The zero-order valence-electron chi connectivity index (χ0n) is 14.6. The molecular weight excluding hydrogens is 318 g/mol. The number of ketones is 1. The van der Waals surface area contributed by atoms with Crippen molar-refractivity contribution in [3.8, 4) is 0 Å². The summed E-state index contributed by atoms with van der Waals surface area (Å²) in [4.78, 5) is 35.7. The molecule has 0 aromatic heterocycles. The standard InChI is InChI=1S/C20H21NO4/c1-13-4-5-14(2)17(12-13)18(22)10-11-19(23)21-16-8-6-15(7-9-16)20(24)25-3/h4-9,12H,10-11H2,1-3H3,(H,21,23). The molecule has 1 N–H and O–H groups in total. The van der Waals surface area contributed by atoms with Crippen LogP contribution in [0, 0.1) is 13.8 Å². The van der Waals surface area contributed by atoms with E-state index in [1.54, 1.807) is 24.3 Å². The lowest BCUT2D eigenvalue weighted by molar-refractivity contribution is -0.116. The van der Waals surface area contributed by atoms with Crippen LogP contribution in [0.15, 0.2) is 42.5 Å². The van der Waals surface area contributed by atoms with Gasteiger partial charge in [-0.2, -0.15) is 0 Å². The van der Waals surface area contributed by atoms with E-state index in [0.29, 0.717) is 16.8 Å². The fourth-order valence-electron chi connectivity index (χ4n) is 2.43. The number of carbonyl (C=O) groups excluding carboxylic acids is 3. The van der Waals surface area contributed by atoms with Crippen molar-refractivity contribution in [2.45, 2.75) is 26.7 Å². The second-order valence-electron chi connectivity index (χ2n) is 5.86. The van der Waals surface area contributed by atoms with E-state index >= 15 is 0 Å². The van der Waals surface area contributed by atoms with Crippen molar-refractivity contribution in [1.29, 1.82) is 0 Å². The molecule has 0 unspecified atom stereocenters. The second kappa shape index (κ2) is 8.24. The number of benzene rings is 2.